The highest BCUT2D eigenvalue weighted by Crippen LogP contribution is 2.10. The van der Waals surface area contributed by atoms with Crippen molar-refractivity contribution in [2.24, 2.45) is 5.73 Å². The highest BCUT2D eigenvalue weighted by atomic mass is 31.1. The lowest BCUT2D eigenvalue weighted by molar-refractivity contribution is 0.265. The van der Waals surface area contributed by atoms with E-state index in [1.165, 1.54) is 6.66 Å². The third-order valence-electron chi connectivity index (χ3n) is 0.347. The summed E-state index contributed by atoms with van der Waals surface area (Å²) in [7, 11) is -2.06. The molecule has 1 unspecified atom stereocenters. The van der Waals surface area contributed by atoms with Gasteiger partial charge in [0.05, 0.1) is 0 Å². The predicted octanol–water partition coefficient (Wildman–Crippen LogP) is 0.255. The molecule has 0 aromatic carbocycles. The highest BCUT2D eigenvalue weighted by Gasteiger charge is 1.92. The van der Waals surface area contributed by atoms with Gasteiger partial charge in [0.25, 0.3) is 5.65 Å². The van der Waals surface area contributed by atoms with Crippen LogP contribution in [-0.4, -0.2) is 12.3 Å². The van der Waals surface area contributed by atoms with Crippen LogP contribution in [0, 0.1) is 0 Å². The minimum Gasteiger partial charge on any atom is -0.364 e. The molecule has 0 aromatic heterocycles. The van der Waals surface area contributed by atoms with Crippen molar-refractivity contribution >= 4 is 13.4 Å². The van der Waals surface area contributed by atoms with Crippen molar-refractivity contribution < 1.29 is 9.36 Å². The first-order valence-corrected chi connectivity index (χ1v) is 3.36. The van der Waals surface area contributed by atoms with Crippen molar-refractivity contribution in [2.75, 3.05) is 6.66 Å². The molecule has 1 amide bonds. The monoisotopic (exact) mass is 107 g/mol. The van der Waals surface area contributed by atoms with Gasteiger partial charge >= 0.3 is 0 Å². The molecular weight excluding hydrogens is 101 g/mol. The highest BCUT2D eigenvalue weighted by molar-refractivity contribution is 7.62. The first kappa shape index (κ1) is 5.70. The molecule has 1 atom stereocenters. The van der Waals surface area contributed by atoms with Crippen LogP contribution in [0.4, 0.5) is 4.79 Å². The zero-order chi connectivity index (χ0) is 5.15. The Balaban J connectivity index is 3.57. The van der Waals surface area contributed by atoms with Crippen molar-refractivity contribution in [1.29, 1.82) is 0 Å². The van der Waals surface area contributed by atoms with E-state index in [-0.39, 0.29) is 0 Å². The molecular formula is C2H6NO2P. The van der Waals surface area contributed by atoms with Gasteiger partial charge in [0.2, 0.25) is 0 Å². The molecule has 4 heteroatoms. The lowest BCUT2D eigenvalue weighted by Crippen LogP contribution is -2.00. The molecule has 0 bridgehead atoms. The van der Waals surface area contributed by atoms with Crippen LogP contribution in [0.15, 0.2) is 0 Å². The van der Waals surface area contributed by atoms with Crippen LogP contribution in [0.25, 0.3) is 0 Å². The summed E-state index contributed by atoms with van der Waals surface area (Å²) in [5.74, 6) is 0. The minimum absolute atomic E-state index is 0.694. The number of nitrogens with two attached hydrogens (primary N) is 1. The topological polar surface area (TPSA) is 60.2 Å². The Labute approximate surface area is 36.3 Å². The Morgan fingerprint density at radius 1 is 1.83 bits per heavy atom. The molecule has 0 aliphatic heterocycles. The molecule has 0 aromatic rings. The maximum Gasteiger partial charge on any atom is 0.272 e. The van der Waals surface area contributed by atoms with Crippen molar-refractivity contribution in [3.05, 3.63) is 0 Å². The number of carbonyl (C=O) groups excluding carboxylic acids is 1. The molecule has 0 heterocycles. The smallest absolute Gasteiger partial charge is 0.272 e. The van der Waals surface area contributed by atoms with E-state index in [0.29, 0.717) is 0 Å². The standard InChI is InChI=1S/C2H6NO2P/c1-6(5)2(3)4/h6H,1H3,(H2,3,4). The van der Waals surface area contributed by atoms with E-state index in [1.54, 1.807) is 0 Å². The van der Waals surface area contributed by atoms with E-state index in [0.717, 1.165) is 0 Å². The van der Waals surface area contributed by atoms with Crippen molar-refractivity contribution in [3.63, 3.8) is 0 Å². The van der Waals surface area contributed by atoms with Crippen molar-refractivity contribution in [2.45, 2.75) is 0 Å². The van der Waals surface area contributed by atoms with E-state index < -0.39 is 13.4 Å². The molecule has 6 heavy (non-hydrogen) atoms. The van der Waals surface area contributed by atoms with Crippen LogP contribution in [-0.2, 0) is 4.57 Å². The van der Waals surface area contributed by atoms with E-state index in [9.17, 15) is 9.36 Å². The number of carbonyl (C=O) groups is 1. The van der Waals surface area contributed by atoms with E-state index in [2.05, 4.69) is 5.73 Å². The fourth-order valence-electron chi connectivity index (χ4n) is 0. The van der Waals surface area contributed by atoms with Crippen LogP contribution in [0.2, 0.25) is 0 Å². The van der Waals surface area contributed by atoms with Gasteiger partial charge in [0, 0.05) is 0 Å². The van der Waals surface area contributed by atoms with Crippen molar-refractivity contribution in [1.82, 2.24) is 0 Å². The van der Waals surface area contributed by atoms with Gasteiger partial charge in [-0.15, -0.1) is 0 Å². The van der Waals surface area contributed by atoms with E-state index in [1.807, 2.05) is 0 Å². The van der Waals surface area contributed by atoms with Crippen molar-refractivity contribution in [3.8, 4) is 0 Å². The summed E-state index contributed by atoms with van der Waals surface area (Å²) < 4.78 is 9.85. The molecule has 0 saturated carbocycles. The number of hydrogen-bond donors (Lipinski definition) is 1. The van der Waals surface area contributed by atoms with Gasteiger partial charge in [0.15, 0.2) is 7.80 Å². The predicted molar refractivity (Wildman–Crippen MR) is 24.5 cm³/mol. The molecule has 0 spiro atoms. The number of hydrogen-bond acceptors (Lipinski definition) is 2. The van der Waals surface area contributed by atoms with E-state index >= 15 is 0 Å². The Bertz CT molecular complexity index is 77.5. The average Bonchev–Trinajstić information content (AvgIpc) is 1.36. The second kappa shape index (κ2) is 1.98. The van der Waals surface area contributed by atoms with Crippen LogP contribution < -0.4 is 5.73 Å². The lowest BCUT2D eigenvalue weighted by atomic mass is 11.5. The van der Waals surface area contributed by atoms with Gasteiger partial charge in [-0.25, -0.2) is 0 Å². The summed E-state index contributed by atoms with van der Waals surface area (Å²) in [4.78, 5) is 9.65. The first-order valence-electron chi connectivity index (χ1n) is 1.45. The Morgan fingerprint density at radius 3 is 2.00 bits per heavy atom. The second-order valence-electron chi connectivity index (χ2n) is 0.920. The average molecular weight is 107 g/mol. The fourth-order valence-corrected chi connectivity index (χ4v) is 0. The zero-order valence-corrected chi connectivity index (χ0v) is 4.39. The molecule has 0 aliphatic carbocycles. The SMILES string of the molecule is C[PH](=O)C(N)=O. The van der Waals surface area contributed by atoms with E-state index in [4.69, 9.17) is 0 Å². The molecule has 2 N–H and O–H groups in total. The first-order chi connectivity index (χ1) is 2.64. The van der Waals surface area contributed by atoms with Gasteiger partial charge in [-0.05, 0) is 6.66 Å². The molecule has 0 aliphatic rings. The van der Waals surface area contributed by atoms with Crippen LogP contribution >= 0.6 is 7.80 Å². The number of amides is 1. The van der Waals surface area contributed by atoms with Gasteiger partial charge in [0.1, 0.15) is 0 Å². The van der Waals surface area contributed by atoms with Gasteiger partial charge < -0.3 is 10.3 Å². The second-order valence-corrected chi connectivity index (χ2v) is 2.53. The summed E-state index contributed by atoms with van der Waals surface area (Å²) in [6, 6.07) is 0. The number of primary amides is 1. The molecule has 36 valence electrons. The van der Waals surface area contributed by atoms with Gasteiger partial charge in [-0.1, -0.05) is 0 Å². The fraction of sp³-hybridized carbons (Fsp3) is 0.500. The Kier molecular flexibility index (Phi) is 1.88. The summed E-state index contributed by atoms with van der Waals surface area (Å²) in [5.41, 5.74) is 3.83. The normalized spacial score (nSPS) is 13.5. The number of rotatable bonds is 1. The lowest BCUT2D eigenvalue weighted by Gasteiger charge is -1.76. The molecule has 0 saturated heterocycles. The van der Waals surface area contributed by atoms with Gasteiger partial charge in [-0.2, -0.15) is 0 Å². The minimum atomic E-state index is -2.06. The quantitative estimate of drug-likeness (QED) is 0.488. The van der Waals surface area contributed by atoms with Crippen LogP contribution in [0.5, 0.6) is 0 Å². The molecule has 0 radical (unpaired) electrons. The summed E-state index contributed by atoms with van der Waals surface area (Å²) >= 11 is 0. The van der Waals surface area contributed by atoms with Gasteiger partial charge in [-0.3, -0.25) is 4.79 Å². The van der Waals surface area contributed by atoms with Crippen LogP contribution in [0.3, 0.4) is 0 Å². The molecule has 3 nitrogen and oxygen atoms in total. The summed E-state index contributed by atoms with van der Waals surface area (Å²) in [6.45, 7) is 1.31. The molecule has 0 fully saturated rings. The maximum absolute atomic E-state index is 9.85. The summed E-state index contributed by atoms with van der Waals surface area (Å²) in [6.07, 6.45) is 0. The maximum atomic E-state index is 9.85. The molecule has 0 rings (SSSR count). The Morgan fingerprint density at radius 2 is 2.00 bits per heavy atom. The third kappa shape index (κ3) is 1.97. The largest absolute Gasteiger partial charge is 0.364 e. The Hall–Kier alpha value is -0.300. The van der Waals surface area contributed by atoms with Crippen LogP contribution in [0.1, 0.15) is 0 Å². The summed E-state index contributed by atoms with van der Waals surface area (Å²) in [5, 5.41) is 0. The third-order valence-corrected chi connectivity index (χ3v) is 1.04. The zero-order valence-electron chi connectivity index (χ0n) is 3.39.